The highest BCUT2D eigenvalue weighted by Gasteiger charge is 2.82. The number of benzene rings is 2. The van der Waals surface area contributed by atoms with Gasteiger partial charge in [0.25, 0.3) is 5.92 Å². The molecule has 7 nitrogen and oxygen atoms in total. The molecule has 2 heterocycles. The van der Waals surface area contributed by atoms with E-state index in [-0.39, 0.29) is 19.3 Å². The first-order chi connectivity index (χ1) is 18.2. The normalized spacial score (nSPS) is 23.7. The maximum atomic E-state index is 16.3. The number of aliphatic hydroxyl groups is 1. The molecule has 0 saturated heterocycles. The smallest absolute Gasteiger partial charge is 0.287 e. The quantitative estimate of drug-likeness (QED) is 0.322. The van der Waals surface area contributed by atoms with Crippen molar-refractivity contribution in [2.75, 3.05) is 0 Å². The largest absolute Gasteiger partial charge is 0.487 e. The fraction of sp³-hybridized carbons (Fsp3) is 0.333. The molecule has 0 radical (unpaired) electrons. The molecule has 2 aromatic heterocycles. The van der Waals surface area contributed by atoms with Crippen molar-refractivity contribution in [3.63, 3.8) is 0 Å². The minimum absolute atomic E-state index is 0.113. The second kappa shape index (κ2) is 8.59. The van der Waals surface area contributed by atoms with Crippen LogP contribution in [0.4, 0.5) is 17.6 Å². The van der Waals surface area contributed by atoms with Gasteiger partial charge in [-0.25, -0.2) is 22.2 Å². The molecule has 0 aliphatic heterocycles. The molecule has 0 amide bonds. The first-order valence-corrected chi connectivity index (χ1v) is 12.1. The van der Waals surface area contributed by atoms with Gasteiger partial charge in [0, 0.05) is 23.2 Å². The lowest BCUT2D eigenvalue weighted by atomic mass is 9.30. The van der Waals surface area contributed by atoms with E-state index in [9.17, 15) is 13.9 Å². The van der Waals surface area contributed by atoms with E-state index in [0.717, 1.165) is 34.4 Å². The first-order valence-electron chi connectivity index (χ1n) is 12.1. The molecule has 2 bridgehead atoms. The van der Waals surface area contributed by atoms with Crippen molar-refractivity contribution in [3.05, 3.63) is 102 Å². The molecule has 1 atom stereocenters. The van der Waals surface area contributed by atoms with Crippen LogP contribution in [0.5, 0.6) is 5.75 Å². The van der Waals surface area contributed by atoms with E-state index in [2.05, 4.69) is 20.5 Å². The van der Waals surface area contributed by atoms with Crippen molar-refractivity contribution in [2.45, 2.75) is 49.4 Å². The van der Waals surface area contributed by atoms with Crippen molar-refractivity contribution < 1.29 is 27.4 Å². The van der Waals surface area contributed by atoms with Crippen LogP contribution in [0.3, 0.4) is 0 Å². The topological polar surface area (TPSA) is 86.0 Å². The second-order valence-electron chi connectivity index (χ2n) is 10.3. The highest BCUT2D eigenvalue weighted by molar-refractivity contribution is 5.44. The predicted octanol–water partition coefficient (Wildman–Crippen LogP) is 4.57. The molecular weight excluding hydrogens is 502 g/mol. The zero-order valence-corrected chi connectivity index (χ0v) is 20.1. The van der Waals surface area contributed by atoms with Gasteiger partial charge < -0.3 is 9.84 Å². The maximum Gasteiger partial charge on any atom is 0.287 e. The van der Waals surface area contributed by atoms with E-state index in [1.807, 2.05) is 30.3 Å². The third kappa shape index (κ3) is 3.67. The summed E-state index contributed by atoms with van der Waals surface area (Å²) in [6.45, 7) is -0.493. The Balaban J connectivity index is 1.22. The molecule has 196 valence electrons. The van der Waals surface area contributed by atoms with Gasteiger partial charge >= 0.3 is 0 Å². The summed E-state index contributed by atoms with van der Waals surface area (Å²) in [5.74, 6) is -5.33. The Labute approximate surface area is 215 Å². The summed E-state index contributed by atoms with van der Waals surface area (Å²) in [5.41, 5.74) is -4.03. The van der Waals surface area contributed by atoms with E-state index < -0.39 is 46.1 Å². The van der Waals surface area contributed by atoms with Crippen LogP contribution in [0.2, 0.25) is 0 Å². The van der Waals surface area contributed by atoms with Crippen LogP contribution < -0.4 is 4.74 Å². The predicted molar refractivity (Wildman–Crippen MR) is 126 cm³/mol. The van der Waals surface area contributed by atoms with Crippen molar-refractivity contribution >= 4 is 0 Å². The first kappa shape index (κ1) is 24.5. The second-order valence-corrected chi connectivity index (χ2v) is 10.3. The van der Waals surface area contributed by atoms with Gasteiger partial charge in [-0.05, 0) is 77.1 Å². The molecule has 0 unspecified atom stereocenters. The van der Waals surface area contributed by atoms with E-state index in [1.54, 1.807) is 18.3 Å². The molecule has 4 aromatic rings. The molecule has 3 aliphatic carbocycles. The third-order valence-corrected chi connectivity index (χ3v) is 7.95. The Morgan fingerprint density at radius 2 is 1.76 bits per heavy atom. The van der Waals surface area contributed by atoms with Gasteiger partial charge in [0.15, 0.2) is 5.60 Å². The Morgan fingerprint density at radius 1 is 1.00 bits per heavy atom. The van der Waals surface area contributed by atoms with Gasteiger partial charge in [-0.15, -0.1) is 5.10 Å². The van der Waals surface area contributed by atoms with Crippen LogP contribution in [0.15, 0.2) is 73.2 Å². The summed E-state index contributed by atoms with van der Waals surface area (Å²) >= 11 is 0. The summed E-state index contributed by atoms with van der Waals surface area (Å²) in [6, 6.07) is 15.1. The minimum Gasteiger partial charge on any atom is -0.487 e. The molecule has 38 heavy (non-hydrogen) atoms. The monoisotopic (exact) mass is 525 g/mol. The number of hydrogen-bond donors (Lipinski definition) is 1. The third-order valence-electron chi connectivity index (χ3n) is 7.95. The van der Waals surface area contributed by atoms with Gasteiger partial charge in [-0.1, -0.05) is 18.2 Å². The molecule has 7 rings (SSSR count). The average molecular weight is 526 g/mol. The van der Waals surface area contributed by atoms with E-state index in [1.165, 1.54) is 0 Å². The highest BCUT2D eigenvalue weighted by atomic mass is 19.3. The molecule has 2 aromatic carbocycles. The van der Waals surface area contributed by atoms with Crippen LogP contribution in [0, 0.1) is 17.0 Å². The number of pyridine rings is 1. The Bertz CT molecular complexity index is 1430. The van der Waals surface area contributed by atoms with Gasteiger partial charge in [0.1, 0.15) is 30.3 Å². The molecular formula is C27H23F4N5O2. The zero-order chi connectivity index (χ0) is 26.6. The highest BCUT2D eigenvalue weighted by Crippen LogP contribution is 2.80. The Kier molecular flexibility index (Phi) is 5.53. The zero-order valence-electron chi connectivity index (χ0n) is 20.1. The van der Waals surface area contributed by atoms with Crippen molar-refractivity contribution in [3.8, 4) is 5.75 Å². The van der Waals surface area contributed by atoms with Gasteiger partial charge in [0.2, 0.25) is 0 Å². The molecule has 3 fully saturated rings. The van der Waals surface area contributed by atoms with Crippen LogP contribution in [-0.4, -0.2) is 36.2 Å². The summed E-state index contributed by atoms with van der Waals surface area (Å²) in [5, 5.41) is 21.9. The Hall–Kier alpha value is -3.86. The molecule has 11 heteroatoms. The number of rotatable bonds is 9. The SMILES string of the molecule is O[C@@](Cn1cnnn1)(c1ccc(F)cc1F)C(F)(F)C12CC(c3ccc(OCc4ccccn4)cc3)(C1)C2. The standard InChI is InChI=1S/C27H23F4N5O2/c28-19-6-9-22(23(29)11-19)26(37,16-36-17-33-34-35-36)27(30,31)25-13-24(14-25,15-25)18-4-7-21(8-5-18)38-12-20-3-1-2-10-32-20/h1-11,17,37H,12-16H2/t24?,25?,26-/m0/s1. The van der Waals surface area contributed by atoms with Crippen LogP contribution in [-0.2, 0) is 24.2 Å². The number of halogens is 4. The summed E-state index contributed by atoms with van der Waals surface area (Å²) < 4.78 is 67.6. The lowest BCUT2D eigenvalue weighted by molar-refractivity contribution is -0.347. The van der Waals surface area contributed by atoms with Crippen molar-refractivity contribution in [1.82, 2.24) is 25.2 Å². The number of tetrazole rings is 1. The van der Waals surface area contributed by atoms with Crippen LogP contribution >= 0.6 is 0 Å². The van der Waals surface area contributed by atoms with Crippen LogP contribution in [0.25, 0.3) is 0 Å². The van der Waals surface area contributed by atoms with Crippen molar-refractivity contribution in [1.29, 1.82) is 0 Å². The molecule has 3 aliphatic rings. The Morgan fingerprint density at radius 3 is 2.39 bits per heavy atom. The fourth-order valence-electron chi connectivity index (χ4n) is 6.08. The lowest BCUT2D eigenvalue weighted by Crippen LogP contribution is -2.76. The summed E-state index contributed by atoms with van der Waals surface area (Å²) in [6.07, 6.45) is 3.08. The fourth-order valence-corrected chi connectivity index (χ4v) is 6.08. The number of aromatic nitrogens is 5. The number of nitrogens with zero attached hydrogens (tertiary/aromatic N) is 5. The molecule has 1 N–H and O–H groups in total. The minimum atomic E-state index is -3.77. The van der Waals surface area contributed by atoms with E-state index in [0.29, 0.717) is 18.4 Å². The molecule has 3 saturated carbocycles. The maximum absolute atomic E-state index is 16.3. The van der Waals surface area contributed by atoms with E-state index >= 15 is 8.78 Å². The molecule has 0 spiro atoms. The number of alkyl halides is 2. The number of ether oxygens (including phenoxy) is 1. The summed E-state index contributed by atoms with van der Waals surface area (Å²) in [7, 11) is 0. The van der Waals surface area contributed by atoms with E-state index in [4.69, 9.17) is 4.74 Å². The van der Waals surface area contributed by atoms with Gasteiger partial charge in [0.05, 0.1) is 12.2 Å². The van der Waals surface area contributed by atoms with Crippen LogP contribution in [0.1, 0.15) is 36.1 Å². The number of hydrogen-bond acceptors (Lipinski definition) is 6. The van der Waals surface area contributed by atoms with Gasteiger partial charge in [-0.2, -0.15) is 0 Å². The van der Waals surface area contributed by atoms with Gasteiger partial charge in [-0.3, -0.25) is 4.98 Å². The summed E-state index contributed by atoms with van der Waals surface area (Å²) in [4.78, 5) is 4.21. The lowest BCUT2D eigenvalue weighted by Gasteiger charge is -2.74. The average Bonchev–Trinajstić information content (AvgIpc) is 3.35. The van der Waals surface area contributed by atoms with Crippen molar-refractivity contribution in [2.24, 2.45) is 5.41 Å².